The molecule has 0 saturated heterocycles. The summed E-state index contributed by atoms with van der Waals surface area (Å²) in [5.74, 6) is 0. The fraction of sp³-hybridized carbons (Fsp3) is 0.216. The van der Waals surface area contributed by atoms with Crippen molar-refractivity contribution in [1.29, 1.82) is 0 Å². The van der Waals surface area contributed by atoms with Crippen molar-refractivity contribution in [2.75, 3.05) is 0 Å². The summed E-state index contributed by atoms with van der Waals surface area (Å²) < 4.78 is 5.11. The number of allylic oxidation sites excluding steroid dienone is 4. The van der Waals surface area contributed by atoms with Gasteiger partial charge in [-0.1, -0.05) is 0 Å². The molecular weight excluding hydrogens is 607 g/mol. The van der Waals surface area contributed by atoms with E-state index in [9.17, 15) is 0 Å². The normalized spacial score (nSPS) is 13.2. The minimum absolute atomic E-state index is 0. The number of hydrogen-bond donors (Lipinski definition) is 0. The van der Waals surface area contributed by atoms with Crippen molar-refractivity contribution in [3.05, 3.63) is 147 Å². The average Bonchev–Trinajstić information content (AvgIpc) is 3.61. The van der Waals surface area contributed by atoms with Gasteiger partial charge < -0.3 is 24.8 Å². The molecule has 0 spiro atoms. The third-order valence-corrected chi connectivity index (χ3v) is 18.0. The van der Waals surface area contributed by atoms with Crippen LogP contribution in [0.2, 0.25) is 0 Å². The average molecular weight is 643 g/mol. The molecule has 0 fully saturated rings. The predicted molar refractivity (Wildman–Crippen MR) is 160 cm³/mol. The van der Waals surface area contributed by atoms with Crippen LogP contribution >= 0.6 is 0 Å². The first-order valence-corrected chi connectivity index (χ1v) is 17.5. The third kappa shape index (κ3) is 5.34. The van der Waals surface area contributed by atoms with E-state index in [2.05, 4.69) is 149 Å². The second-order valence-corrected chi connectivity index (χ2v) is 17.7. The quantitative estimate of drug-likeness (QED) is 0.267. The molecule has 40 heavy (non-hydrogen) atoms. The molecule has 0 nitrogen and oxygen atoms in total. The Hall–Kier alpha value is -2.31. The second kappa shape index (κ2) is 12.3. The monoisotopic (exact) mass is 640 g/mol. The van der Waals surface area contributed by atoms with Crippen LogP contribution in [0.3, 0.4) is 0 Å². The Morgan fingerprint density at radius 3 is 1.75 bits per heavy atom. The van der Waals surface area contributed by atoms with Crippen LogP contribution < -0.4 is 28.1 Å². The zero-order valence-electron chi connectivity index (χ0n) is 23.7. The van der Waals surface area contributed by atoms with Crippen LogP contribution in [0.5, 0.6) is 0 Å². The molecule has 0 radical (unpaired) electrons. The van der Waals surface area contributed by atoms with Crippen LogP contribution in [0, 0.1) is 0 Å². The largest absolute Gasteiger partial charge is 1.00 e. The zero-order valence-corrected chi connectivity index (χ0v) is 27.7. The van der Waals surface area contributed by atoms with Crippen molar-refractivity contribution >= 4 is 6.48 Å². The van der Waals surface area contributed by atoms with Gasteiger partial charge in [0.25, 0.3) is 0 Å². The molecule has 0 unspecified atom stereocenters. The fourth-order valence-corrected chi connectivity index (χ4v) is 16.4. The first-order valence-electron chi connectivity index (χ1n) is 13.8. The van der Waals surface area contributed by atoms with Crippen molar-refractivity contribution in [3.63, 3.8) is 0 Å². The van der Waals surface area contributed by atoms with Gasteiger partial charge in [0.05, 0.1) is 0 Å². The Labute approximate surface area is 260 Å². The molecule has 0 saturated carbocycles. The summed E-state index contributed by atoms with van der Waals surface area (Å²) in [5, 5.41) is 0. The van der Waals surface area contributed by atoms with Gasteiger partial charge in [0.2, 0.25) is 0 Å². The van der Waals surface area contributed by atoms with E-state index in [1.54, 1.807) is 15.3 Å². The number of halogens is 2. The van der Waals surface area contributed by atoms with Crippen LogP contribution in [0.1, 0.15) is 56.4 Å². The Kier molecular flexibility index (Phi) is 9.41. The summed E-state index contributed by atoms with van der Waals surface area (Å²) in [6, 6.07) is 38.7. The van der Waals surface area contributed by atoms with E-state index in [0.29, 0.717) is 0 Å². The number of rotatable bonds is 6. The van der Waals surface area contributed by atoms with Crippen molar-refractivity contribution in [2.24, 2.45) is 0 Å². The van der Waals surface area contributed by atoms with Gasteiger partial charge in [-0.2, -0.15) is 0 Å². The van der Waals surface area contributed by atoms with Gasteiger partial charge in [-0.15, -0.1) is 0 Å². The maximum Gasteiger partial charge on any atom is -1.00 e. The summed E-state index contributed by atoms with van der Waals surface area (Å²) in [6.07, 6.45) is 9.28. The minimum atomic E-state index is -2.65. The molecular formula is C37H36Cl2Zr. The van der Waals surface area contributed by atoms with Crippen molar-refractivity contribution in [1.82, 2.24) is 0 Å². The Morgan fingerprint density at radius 2 is 1.18 bits per heavy atom. The first kappa shape index (κ1) is 30.6. The molecule has 3 heteroatoms. The van der Waals surface area contributed by atoms with E-state index >= 15 is 0 Å². The molecule has 6 rings (SSSR count). The molecule has 0 aliphatic heterocycles. The molecule has 0 amide bonds. The smallest absolute Gasteiger partial charge is 1.00 e. The maximum absolute atomic E-state index is 2.65. The SMILES string of the molecule is CC(C)([C](=[Zr+2]([C]1=CC=CC1)[c]1cccc2c1Cc1ccccc1-2)C(C)(C)c1ccccc1)c1ccccc1.[Cl-].[Cl-]. The van der Waals surface area contributed by atoms with Gasteiger partial charge in [-0.3, -0.25) is 0 Å². The predicted octanol–water partition coefficient (Wildman–Crippen LogP) is 2.48. The van der Waals surface area contributed by atoms with Gasteiger partial charge in [0.15, 0.2) is 0 Å². The van der Waals surface area contributed by atoms with Crippen molar-refractivity contribution in [2.45, 2.75) is 51.4 Å². The standard InChI is InChI=1S/C19H22.C13H9.C5H5.2ClH.Zr/c1-18(2,16-11-7-5-8-12-16)15-19(3,4)17-13-9-6-10-14-17;1-3-7-12-10(5-1)9-11-6-2-4-8-13(11)12;1-2-4-5-3-1;;;/h5-14H,1-4H3;1-5,7-8H,9H2;1-3H,4H2;2*1H;/q;;;;;+2/p-2. The van der Waals surface area contributed by atoms with E-state index in [1.165, 1.54) is 27.8 Å². The molecule has 0 heterocycles. The summed E-state index contributed by atoms with van der Waals surface area (Å²) in [4.78, 5) is 0. The van der Waals surface area contributed by atoms with Crippen LogP contribution in [0.15, 0.2) is 125 Å². The van der Waals surface area contributed by atoms with Gasteiger partial charge in [0, 0.05) is 0 Å². The molecule has 0 bridgehead atoms. The summed E-state index contributed by atoms with van der Waals surface area (Å²) in [7, 11) is 0. The second-order valence-electron chi connectivity index (χ2n) is 11.7. The van der Waals surface area contributed by atoms with Gasteiger partial charge in [-0.05, 0) is 0 Å². The van der Waals surface area contributed by atoms with E-state index in [0.717, 1.165) is 12.8 Å². The van der Waals surface area contributed by atoms with Crippen LogP contribution in [-0.2, 0) is 38.5 Å². The first-order chi connectivity index (χ1) is 18.4. The van der Waals surface area contributed by atoms with Crippen molar-refractivity contribution in [3.8, 4) is 11.1 Å². The van der Waals surface area contributed by atoms with E-state index in [1.807, 2.05) is 0 Å². The van der Waals surface area contributed by atoms with E-state index in [-0.39, 0.29) is 35.6 Å². The van der Waals surface area contributed by atoms with Crippen LogP contribution in [-0.4, -0.2) is 3.21 Å². The van der Waals surface area contributed by atoms with E-state index < -0.39 is 21.3 Å². The number of benzene rings is 4. The Morgan fingerprint density at radius 1 is 0.625 bits per heavy atom. The van der Waals surface area contributed by atoms with E-state index in [4.69, 9.17) is 0 Å². The molecule has 0 aromatic heterocycles. The molecule has 0 atom stereocenters. The molecule has 2 aliphatic rings. The third-order valence-electron chi connectivity index (χ3n) is 8.70. The van der Waals surface area contributed by atoms with Crippen molar-refractivity contribution < 1.29 is 46.1 Å². The topological polar surface area (TPSA) is 0 Å². The molecule has 0 N–H and O–H groups in total. The number of hydrogen-bond acceptors (Lipinski definition) is 0. The molecule has 2 aliphatic carbocycles. The Balaban J connectivity index is 0.00000185. The maximum atomic E-state index is 2.50. The zero-order chi connectivity index (χ0) is 26.3. The number of fused-ring (bicyclic) bond motifs is 3. The molecule has 4 aromatic rings. The van der Waals surface area contributed by atoms with Gasteiger partial charge >= 0.3 is 237 Å². The molecule has 202 valence electrons. The summed E-state index contributed by atoms with van der Waals surface area (Å²) >= 11 is -2.65. The van der Waals surface area contributed by atoms with Gasteiger partial charge in [0.1, 0.15) is 0 Å². The van der Waals surface area contributed by atoms with Gasteiger partial charge in [-0.25, -0.2) is 0 Å². The van der Waals surface area contributed by atoms with Crippen LogP contribution in [0.25, 0.3) is 11.1 Å². The Bertz CT molecular complexity index is 1540. The minimum Gasteiger partial charge on any atom is -1.00 e. The fourth-order valence-electron chi connectivity index (χ4n) is 6.90. The summed E-state index contributed by atoms with van der Waals surface area (Å²) in [6.45, 7) is 9.96. The van der Waals surface area contributed by atoms with Crippen LogP contribution in [0.4, 0.5) is 0 Å². The summed E-state index contributed by atoms with van der Waals surface area (Å²) in [5.41, 5.74) is 8.62. The molecule has 4 aromatic carbocycles.